The van der Waals surface area contributed by atoms with Crippen molar-refractivity contribution < 1.29 is 4.57 Å². The fraction of sp³-hybridized carbons (Fsp3) is 0.636. The molecule has 0 unspecified atom stereocenters. The van der Waals surface area contributed by atoms with Crippen LogP contribution in [0.5, 0.6) is 0 Å². The molecule has 0 spiro atoms. The van der Waals surface area contributed by atoms with Crippen LogP contribution < -0.4 is 0 Å². The van der Waals surface area contributed by atoms with Gasteiger partial charge in [0.2, 0.25) is 0 Å². The van der Waals surface area contributed by atoms with E-state index in [2.05, 4.69) is 6.58 Å². The fourth-order valence-corrected chi connectivity index (χ4v) is 5.37. The van der Waals surface area contributed by atoms with Gasteiger partial charge in [0.05, 0.1) is 0 Å². The van der Waals surface area contributed by atoms with Crippen LogP contribution in [0.3, 0.4) is 0 Å². The number of alkyl halides is 1. The summed E-state index contributed by atoms with van der Waals surface area (Å²) in [6.07, 6.45) is 4.46. The van der Waals surface area contributed by atoms with Crippen LogP contribution in [0.15, 0.2) is 22.9 Å². The summed E-state index contributed by atoms with van der Waals surface area (Å²) >= 11 is 19.1. The van der Waals surface area contributed by atoms with Crippen LogP contribution in [-0.2, 0) is 4.57 Å². The molecule has 1 saturated carbocycles. The van der Waals surface area contributed by atoms with Crippen molar-refractivity contribution >= 4 is 51.7 Å². The van der Waals surface area contributed by atoms with Gasteiger partial charge in [-0.2, -0.15) is 0 Å². The quantitative estimate of drug-likeness (QED) is 0.338. The van der Waals surface area contributed by atoms with E-state index in [1.54, 1.807) is 11.8 Å². The second kappa shape index (κ2) is 6.91. The van der Waals surface area contributed by atoms with E-state index in [9.17, 15) is 4.57 Å². The van der Waals surface area contributed by atoms with Crippen LogP contribution in [0.4, 0.5) is 0 Å². The molecule has 0 bridgehead atoms. The number of hydrogen-bond donors (Lipinski definition) is 0. The molecular formula is C11H16Cl3OPS. The van der Waals surface area contributed by atoms with Crippen molar-refractivity contribution in [2.75, 3.05) is 0 Å². The average molecular weight is 334 g/mol. The van der Waals surface area contributed by atoms with Gasteiger partial charge in [-0.05, 0) is 47.8 Å². The molecule has 0 aromatic rings. The lowest BCUT2D eigenvalue weighted by Gasteiger charge is -2.27. The van der Waals surface area contributed by atoms with Crippen molar-refractivity contribution in [3.8, 4) is 0 Å². The smallest absolute Gasteiger partial charge is 0.276 e. The molecule has 1 rings (SSSR count). The molecule has 1 aliphatic rings. The molecule has 98 valence electrons. The van der Waals surface area contributed by atoms with Crippen LogP contribution in [0.25, 0.3) is 0 Å². The van der Waals surface area contributed by atoms with Gasteiger partial charge in [-0.3, -0.25) is 4.57 Å². The van der Waals surface area contributed by atoms with Crippen LogP contribution >= 0.6 is 51.7 Å². The highest BCUT2D eigenvalue weighted by molar-refractivity contribution is 8.11. The minimum absolute atomic E-state index is 0.154. The van der Waals surface area contributed by atoms with Crippen LogP contribution in [0.2, 0.25) is 0 Å². The largest absolute Gasteiger partial charge is 0.285 e. The summed E-state index contributed by atoms with van der Waals surface area (Å²) in [5.74, 6) is -1.79. The van der Waals surface area contributed by atoms with Gasteiger partial charge in [-0.25, -0.2) is 0 Å². The molecule has 6 heteroatoms. The van der Waals surface area contributed by atoms with Gasteiger partial charge in [0.1, 0.15) is 0 Å². The Morgan fingerprint density at radius 3 is 2.47 bits per heavy atom. The molecule has 0 aromatic heterocycles. The highest BCUT2D eigenvalue weighted by Gasteiger charge is 2.25. The van der Waals surface area contributed by atoms with Gasteiger partial charge >= 0.3 is 0 Å². The Labute approximate surface area is 122 Å². The third-order valence-corrected chi connectivity index (χ3v) is 6.17. The van der Waals surface area contributed by atoms with Gasteiger partial charge < -0.3 is 0 Å². The van der Waals surface area contributed by atoms with Gasteiger partial charge in [0.15, 0.2) is 0 Å². The fourth-order valence-electron chi connectivity index (χ4n) is 1.73. The molecule has 2 atom stereocenters. The number of thioether (sulfide) groups is 1. The third kappa shape index (κ3) is 6.07. The monoisotopic (exact) mass is 332 g/mol. The molecule has 0 saturated heterocycles. The predicted octanol–water partition coefficient (Wildman–Crippen LogP) is 6.36. The Hall–Kier alpha value is 0.930. The Bertz CT molecular complexity index is 364. The van der Waals surface area contributed by atoms with Crippen molar-refractivity contribution in [3.05, 3.63) is 22.9 Å². The van der Waals surface area contributed by atoms with E-state index in [-0.39, 0.29) is 5.38 Å². The van der Waals surface area contributed by atoms with Gasteiger partial charge in [-0.1, -0.05) is 19.4 Å². The molecule has 1 aliphatic carbocycles. The first kappa shape index (κ1) is 16.0. The lowest BCUT2D eigenvalue weighted by molar-refractivity contribution is 0.523. The summed E-state index contributed by atoms with van der Waals surface area (Å²) in [5, 5.41) is 0.481. The van der Waals surface area contributed by atoms with Gasteiger partial charge in [0.25, 0.3) is 5.85 Å². The third-order valence-electron chi connectivity index (χ3n) is 2.59. The van der Waals surface area contributed by atoms with Crippen molar-refractivity contribution in [2.24, 2.45) is 0 Å². The zero-order valence-electron chi connectivity index (χ0n) is 9.67. The zero-order chi connectivity index (χ0) is 13.1. The second-order valence-electron chi connectivity index (χ2n) is 4.23. The Morgan fingerprint density at radius 1 is 1.41 bits per heavy atom. The summed E-state index contributed by atoms with van der Waals surface area (Å²) in [6, 6.07) is 0. The summed E-state index contributed by atoms with van der Waals surface area (Å²) in [6.45, 7) is 5.72. The molecule has 0 radical (unpaired) electrons. The van der Waals surface area contributed by atoms with E-state index in [1.807, 2.05) is 6.92 Å². The maximum atomic E-state index is 11.4. The van der Waals surface area contributed by atoms with Gasteiger partial charge in [0, 0.05) is 21.3 Å². The Morgan fingerprint density at radius 2 is 2.00 bits per heavy atom. The average Bonchev–Trinajstić information content (AvgIpc) is 2.18. The predicted molar refractivity (Wildman–Crippen MR) is 81.7 cm³/mol. The minimum atomic E-state index is -3.21. The van der Waals surface area contributed by atoms with E-state index in [0.29, 0.717) is 5.25 Å². The molecule has 0 aromatic carbocycles. The molecule has 0 heterocycles. The molecule has 1 nitrogen and oxygen atoms in total. The van der Waals surface area contributed by atoms with E-state index in [4.69, 9.17) is 34.1 Å². The number of hydrogen-bond acceptors (Lipinski definition) is 2. The first-order chi connectivity index (χ1) is 7.79. The lowest BCUT2D eigenvalue weighted by Crippen LogP contribution is -2.22. The number of rotatable bonds is 4. The topological polar surface area (TPSA) is 17.1 Å². The first-order valence-corrected chi connectivity index (χ1v) is 10.4. The summed E-state index contributed by atoms with van der Waals surface area (Å²) in [4.78, 5) is 0.802. The number of allylic oxidation sites excluding steroid dienone is 1. The maximum Gasteiger partial charge on any atom is 0.276 e. The molecular weight excluding hydrogens is 318 g/mol. The van der Waals surface area contributed by atoms with Crippen molar-refractivity contribution in [3.63, 3.8) is 0 Å². The maximum absolute atomic E-state index is 11.4. The SMILES string of the molecule is C=C(C)/C(=C\P(=O)(Cl)Cl)S[C@@H]1CCCC[C@H]1Cl. The normalized spacial score (nSPS) is 26.9. The highest BCUT2D eigenvalue weighted by atomic mass is 35.9. The molecule has 1 fully saturated rings. The second-order valence-corrected chi connectivity index (χ2v) is 10.9. The number of halogens is 3. The lowest BCUT2D eigenvalue weighted by atomic mass is 10.00. The highest BCUT2D eigenvalue weighted by Crippen LogP contribution is 2.60. The first-order valence-electron chi connectivity index (χ1n) is 5.48. The summed E-state index contributed by atoms with van der Waals surface area (Å²) in [7, 11) is 0. The molecule has 0 amide bonds. The Kier molecular flexibility index (Phi) is 6.50. The Balaban J connectivity index is 2.77. The van der Waals surface area contributed by atoms with E-state index < -0.39 is 5.85 Å². The summed E-state index contributed by atoms with van der Waals surface area (Å²) < 4.78 is 11.4. The zero-order valence-corrected chi connectivity index (χ0v) is 13.6. The van der Waals surface area contributed by atoms with E-state index in [1.165, 1.54) is 18.7 Å². The van der Waals surface area contributed by atoms with E-state index in [0.717, 1.165) is 23.3 Å². The molecule has 0 aliphatic heterocycles. The standard InChI is InChI=1S/C11H16Cl3OPS/c1-8(2)11(7-16(13,14)15)17-10-6-4-3-5-9(10)12/h7,9-10H,1,3-6H2,2H3/b11-7+/t9-,10-/m1/s1. The van der Waals surface area contributed by atoms with Crippen LogP contribution in [-0.4, -0.2) is 10.6 Å². The summed E-state index contributed by atoms with van der Waals surface area (Å²) in [5.41, 5.74) is 0.825. The minimum Gasteiger partial charge on any atom is -0.285 e. The van der Waals surface area contributed by atoms with E-state index >= 15 is 0 Å². The van der Waals surface area contributed by atoms with Crippen LogP contribution in [0.1, 0.15) is 32.6 Å². The van der Waals surface area contributed by atoms with Gasteiger partial charge in [-0.15, -0.1) is 23.4 Å². The molecule has 17 heavy (non-hydrogen) atoms. The van der Waals surface area contributed by atoms with Crippen molar-refractivity contribution in [1.82, 2.24) is 0 Å². The van der Waals surface area contributed by atoms with Crippen molar-refractivity contribution in [1.29, 1.82) is 0 Å². The van der Waals surface area contributed by atoms with Crippen molar-refractivity contribution in [2.45, 2.75) is 43.2 Å². The molecule has 0 N–H and O–H groups in total. The van der Waals surface area contributed by atoms with Crippen LogP contribution in [0, 0.1) is 0 Å².